The molecule has 1 aliphatic heterocycles. The highest BCUT2D eigenvalue weighted by atomic mass is 32.5. The van der Waals surface area contributed by atoms with Crippen LogP contribution in [0.2, 0.25) is 0 Å². The first-order valence-corrected chi connectivity index (χ1v) is 15.5. The molecule has 11 nitrogen and oxygen atoms in total. The third-order valence-corrected chi connectivity index (χ3v) is 8.94. The van der Waals surface area contributed by atoms with Gasteiger partial charge in [-0.15, -0.1) is 0 Å². The predicted octanol–water partition coefficient (Wildman–Crippen LogP) is 3.60. The van der Waals surface area contributed by atoms with Crippen molar-refractivity contribution in [3.63, 3.8) is 0 Å². The largest absolute Gasteiger partial charge is 0.462 e. The van der Waals surface area contributed by atoms with Crippen LogP contribution in [0.3, 0.4) is 0 Å². The van der Waals surface area contributed by atoms with Crippen molar-refractivity contribution in [1.29, 1.82) is 0 Å². The fourth-order valence-corrected chi connectivity index (χ4v) is 6.73. The van der Waals surface area contributed by atoms with Crippen LogP contribution in [0.15, 0.2) is 53.5 Å². The number of nitrogens with zero attached hydrogens (tertiary/aromatic N) is 2. The molecule has 4 N–H and O–H groups in total. The molecule has 1 saturated heterocycles. The second kappa shape index (κ2) is 12.8. The third-order valence-electron chi connectivity index (χ3n) is 6.48. The van der Waals surface area contributed by atoms with Gasteiger partial charge in [0.25, 0.3) is 6.43 Å². The number of esters is 1. The van der Waals surface area contributed by atoms with Gasteiger partial charge in [-0.05, 0) is 44.0 Å². The summed E-state index contributed by atoms with van der Waals surface area (Å²) >= 11 is 5.61. The number of benzene rings is 2. The van der Waals surface area contributed by atoms with Gasteiger partial charge in [-0.2, -0.15) is 4.98 Å². The Morgan fingerprint density at radius 3 is 2.60 bits per heavy atom. The van der Waals surface area contributed by atoms with Gasteiger partial charge < -0.3 is 29.4 Å². The summed E-state index contributed by atoms with van der Waals surface area (Å²) in [7, 11) is 0. The molecule has 0 saturated carbocycles. The molecule has 3 aromatic rings. The Labute approximate surface area is 248 Å². The molecule has 43 heavy (non-hydrogen) atoms. The number of carbonyl (C=O) groups is 1. The summed E-state index contributed by atoms with van der Waals surface area (Å²) < 4.78 is 80.9. The topological polar surface area (TPSA) is 147 Å². The van der Waals surface area contributed by atoms with E-state index in [2.05, 4.69) is 10.1 Å². The van der Waals surface area contributed by atoms with E-state index < -0.39 is 79.2 Å². The lowest BCUT2D eigenvalue weighted by molar-refractivity contribution is -0.192. The molecule has 6 atom stereocenters. The number of aromatic nitrogens is 2. The van der Waals surface area contributed by atoms with E-state index in [-0.39, 0.29) is 10.3 Å². The molecule has 1 unspecified atom stereocenters. The summed E-state index contributed by atoms with van der Waals surface area (Å²) in [5.74, 6) is -2.63. The second-order valence-electron chi connectivity index (χ2n) is 9.99. The van der Waals surface area contributed by atoms with Crippen LogP contribution in [0, 0.1) is 5.82 Å². The number of nitrogens with one attached hydrogen (secondary N) is 1. The van der Waals surface area contributed by atoms with Gasteiger partial charge in [0.2, 0.25) is 0 Å². The molecule has 0 aliphatic carbocycles. The number of alkyl halides is 3. The average molecular weight is 649 g/mol. The number of hydrogen-bond acceptors (Lipinski definition) is 10. The van der Waals surface area contributed by atoms with Crippen molar-refractivity contribution >= 4 is 41.0 Å². The number of nitrogens with two attached hydrogens (primary N) is 1. The standard InChI is InChI=1S/C26H29F4N4O7PS/c1-13(2)39-23(36)14(3)33-42(43,41-18-10-6-8-15-7-4-5-9-16(15)18)38-12-26(24(29)30)20(35)19(28)22(40-26)34-11-17(27)21(31)32-25(34)37/h4-11,13-14,19-20,22,24,35H,12H2,1-3H3,(H,33,43)(H2,31,32,37)/t14-,19-,20-,22+,26+,42?/m0/s1. The Kier molecular flexibility index (Phi) is 9.79. The lowest BCUT2D eigenvalue weighted by atomic mass is 9.97. The SMILES string of the molecule is CC(C)OC(=O)[C@H](C)NP(=S)(OC[C@@]1(C(F)F)O[C@@H](n2cc(F)c(N)nc2=O)[C@@H](F)[C@@H]1O)Oc1cccc2ccccc12. The van der Waals surface area contributed by atoms with E-state index in [0.29, 0.717) is 11.6 Å². The highest BCUT2D eigenvalue weighted by Crippen LogP contribution is 2.50. The van der Waals surface area contributed by atoms with Crippen LogP contribution in [0.25, 0.3) is 10.8 Å². The van der Waals surface area contributed by atoms with E-state index in [0.717, 1.165) is 5.39 Å². The van der Waals surface area contributed by atoms with E-state index in [4.69, 9.17) is 36.1 Å². The number of ether oxygens (including phenoxy) is 2. The highest BCUT2D eigenvalue weighted by molar-refractivity contribution is 8.09. The van der Waals surface area contributed by atoms with Crippen molar-refractivity contribution in [3.05, 3.63) is 65.0 Å². The summed E-state index contributed by atoms with van der Waals surface area (Å²) in [6.07, 6.45) is -11.2. The number of carbonyl (C=O) groups excluding carboxylic acids is 1. The zero-order valence-corrected chi connectivity index (χ0v) is 24.7. The molecule has 0 amide bonds. The number of aliphatic hydroxyl groups excluding tert-OH is 1. The lowest BCUT2D eigenvalue weighted by Crippen LogP contribution is -2.52. The molecule has 0 radical (unpaired) electrons. The number of nitrogen functional groups attached to an aromatic ring is 1. The number of rotatable bonds is 11. The fourth-order valence-electron chi connectivity index (χ4n) is 4.30. The Morgan fingerprint density at radius 1 is 1.26 bits per heavy atom. The Bertz CT molecular complexity index is 1590. The van der Waals surface area contributed by atoms with Crippen molar-refractivity contribution < 1.29 is 46.0 Å². The summed E-state index contributed by atoms with van der Waals surface area (Å²) in [4.78, 5) is 28.0. The minimum Gasteiger partial charge on any atom is -0.462 e. The van der Waals surface area contributed by atoms with Gasteiger partial charge in [-0.3, -0.25) is 9.36 Å². The van der Waals surface area contributed by atoms with E-state index >= 15 is 4.39 Å². The smallest absolute Gasteiger partial charge is 0.351 e. The highest BCUT2D eigenvalue weighted by Gasteiger charge is 2.62. The average Bonchev–Trinajstić information content (AvgIpc) is 3.20. The van der Waals surface area contributed by atoms with Gasteiger partial charge in [-0.1, -0.05) is 36.4 Å². The van der Waals surface area contributed by atoms with Crippen LogP contribution in [-0.2, 0) is 30.6 Å². The monoisotopic (exact) mass is 648 g/mol. The molecule has 1 fully saturated rings. The van der Waals surface area contributed by atoms with Gasteiger partial charge in [0, 0.05) is 5.39 Å². The maximum Gasteiger partial charge on any atom is 0.351 e. The molecule has 234 valence electrons. The van der Waals surface area contributed by atoms with Crippen LogP contribution in [0.1, 0.15) is 27.0 Å². The molecule has 1 aromatic heterocycles. The maximum atomic E-state index is 15.3. The van der Waals surface area contributed by atoms with E-state index in [1.807, 2.05) is 0 Å². The molecule has 1 aliphatic rings. The van der Waals surface area contributed by atoms with Crippen LogP contribution in [0.4, 0.5) is 23.4 Å². The maximum absolute atomic E-state index is 15.3. The van der Waals surface area contributed by atoms with Crippen molar-refractivity contribution in [1.82, 2.24) is 14.6 Å². The van der Waals surface area contributed by atoms with E-state index in [1.165, 1.54) is 13.0 Å². The van der Waals surface area contributed by atoms with Gasteiger partial charge in [0.1, 0.15) is 17.9 Å². The van der Waals surface area contributed by atoms with Crippen molar-refractivity contribution in [2.24, 2.45) is 0 Å². The van der Waals surface area contributed by atoms with Crippen LogP contribution >= 0.6 is 6.64 Å². The van der Waals surface area contributed by atoms with Crippen LogP contribution < -0.4 is 21.0 Å². The van der Waals surface area contributed by atoms with Gasteiger partial charge in [0.15, 0.2) is 29.6 Å². The number of anilines is 1. The summed E-state index contributed by atoms with van der Waals surface area (Å²) in [6.45, 7) is -0.673. The molecule has 17 heteroatoms. The quantitative estimate of drug-likeness (QED) is 0.159. The van der Waals surface area contributed by atoms with E-state index in [9.17, 15) is 27.9 Å². The number of aliphatic hydroxyl groups is 1. The first-order chi connectivity index (χ1) is 20.2. The predicted molar refractivity (Wildman–Crippen MR) is 151 cm³/mol. The molecule has 2 aromatic carbocycles. The number of hydrogen-bond donors (Lipinski definition) is 3. The number of fused-ring (bicyclic) bond motifs is 1. The molecular weight excluding hydrogens is 619 g/mol. The summed E-state index contributed by atoms with van der Waals surface area (Å²) in [5.41, 5.74) is 0.822. The Hall–Kier alpha value is -3.14. The minimum atomic E-state index is -4.02. The lowest BCUT2D eigenvalue weighted by Gasteiger charge is -2.34. The molecule has 0 spiro atoms. The zero-order valence-electron chi connectivity index (χ0n) is 23.0. The van der Waals surface area contributed by atoms with Crippen LogP contribution in [-0.4, -0.2) is 63.7 Å². The zero-order chi connectivity index (χ0) is 31.7. The minimum absolute atomic E-state index is 0.175. The first kappa shape index (κ1) is 32.8. The van der Waals surface area contributed by atoms with Crippen molar-refractivity contribution in [2.75, 3.05) is 12.3 Å². The number of halogens is 4. The molecule has 2 heterocycles. The van der Waals surface area contributed by atoms with Crippen LogP contribution in [0.5, 0.6) is 5.75 Å². The van der Waals surface area contributed by atoms with Gasteiger partial charge >= 0.3 is 18.3 Å². The fraction of sp³-hybridized carbons (Fsp3) is 0.423. The van der Waals surface area contributed by atoms with Crippen molar-refractivity contribution in [3.8, 4) is 5.75 Å². The molecular formula is C26H29F4N4O7PS. The van der Waals surface area contributed by atoms with E-state index in [1.54, 1.807) is 50.2 Å². The Balaban J connectivity index is 1.69. The second-order valence-corrected chi connectivity index (χ2v) is 13.1. The van der Waals surface area contributed by atoms with Crippen molar-refractivity contribution in [2.45, 2.75) is 63.4 Å². The summed E-state index contributed by atoms with van der Waals surface area (Å²) in [5, 5.41) is 14.7. The van der Waals surface area contributed by atoms with Gasteiger partial charge in [0.05, 0.1) is 18.9 Å². The molecule has 0 bridgehead atoms. The Morgan fingerprint density at radius 2 is 1.93 bits per heavy atom. The normalized spacial score (nSPS) is 24.3. The summed E-state index contributed by atoms with van der Waals surface area (Å²) in [6, 6.07) is 10.8. The molecule has 4 rings (SSSR count). The van der Waals surface area contributed by atoms with Gasteiger partial charge in [-0.25, -0.2) is 27.4 Å². The third kappa shape index (κ3) is 6.84. The first-order valence-electron chi connectivity index (χ1n) is 12.9.